The van der Waals surface area contributed by atoms with Crippen molar-refractivity contribution in [2.24, 2.45) is 5.92 Å². The number of phenolic OH excluding ortho intramolecular Hbond substituents is 1. The smallest absolute Gasteiger partial charge is 0.257 e. The van der Waals surface area contributed by atoms with Crippen LogP contribution in [-0.4, -0.2) is 49.7 Å². The van der Waals surface area contributed by atoms with E-state index in [1.807, 2.05) is 0 Å². The van der Waals surface area contributed by atoms with Crippen LogP contribution in [-0.2, 0) is 0 Å². The molecule has 0 saturated carbocycles. The predicted octanol–water partition coefficient (Wildman–Crippen LogP) is 1.86. The third-order valence-corrected chi connectivity index (χ3v) is 4.11. The van der Waals surface area contributed by atoms with Gasteiger partial charge in [0.15, 0.2) is 0 Å². The summed E-state index contributed by atoms with van der Waals surface area (Å²) < 4.78 is 5.11. The molecule has 0 radical (unpaired) electrons. The number of benzene rings is 1. The molecule has 1 aromatic carbocycles. The summed E-state index contributed by atoms with van der Waals surface area (Å²) in [5, 5.41) is 13.2. The first-order chi connectivity index (χ1) is 10.1. The monoisotopic (exact) mass is 292 g/mol. The second-order valence-electron chi connectivity index (χ2n) is 5.59. The van der Waals surface area contributed by atoms with E-state index < -0.39 is 0 Å². The number of ether oxygens (including phenoxy) is 1. The van der Waals surface area contributed by atoms with E-state index >= 15 is 0 Å². The minimum Gasteiger partial charge on any atom is -0.507 e. The molecule has 0 aromatic heterocycles. The lowest BCUT2D eigenvalue weighted by atomic mass is 9.94. The molecule has 1 heterocycles. The van der Waals surface area contributed by atoms with E-state index in [4.69, 9.17) is 4.74 Å². The van der Waals surface area contributed by atoms with Gasteiger partial charge in [0.05, 0.1) is 12.7 Å². The molecule has 2 N–H and O–H groups in total. The van der Waals surface area contributed by atoms with Crippen LogP contribution in [0, 0.1) is 5.92 Å². The first-order valence-corrected chi connectivity index (χ1v) is 7.45. The zero-order valence-electron chi connectivity index (χ0n) is 12.8. The summed E-state index contributed by atoms with van der Waals surface area (Å²) in [5.41, 5.74) is 0.294. The molecular weight excluding hydrogens is 268 g/mol. The highest BCUT2D eigenvalue weighted by atomic mass is 16.5. The first kappa shape index (κ1) is 15.6. The van der Waals surface area contributed by atoms with Gasteiger partial charge in [-0.3, -0.25) is 4.79 Å². The predicted molar refractivity (Wildman–Crippen MR) is 81.8 cm³/mol. The Morgan fingerprint density at radius 3 is 2.81 bits per heavy atom. The van der Waals surface area contributed by atoms with Crippen LogP contribution >= 0.6 is 0 Å². The van der Waals surface area contributed by atoms with Crippen molar-refractivity contribution < 1.29 is 14.6 Å². The number of rotatable bonds is 5. The fourth-order valence-corrected chi connectivity index (χ4v) is 2.67. The highest BCUT2D eigenvalue weighted by Crippen LogP contribution is 2.24. The van der Waals surface area contributed by atoms with E-state index in [-0.39, 0.29) is 11.7 Å². The number of carbonyl (C=O) groups excluding carboxylic acids is 1. The minimum atomic E-state index is -0.166. The van der Waals surface area contributed by atoms with Crippen molar-refractivity contribution in [2.45, 2.75) is 19.3 Å². The molecule has 5 nitrogen and oxygen atoms in total. The molecule has 0 spiro atoms. The number of methoxy groups -OCH3 is 1. The van der Waals surface area contributed by atoms with E-state index in [9.17, 15) is 9.90 Å². The maximum absolute atomic E-state index is 12.4. The summed E-state index contributed by atoms with van der Waals surface area (Å²) in [7, 11) is 3.32. The summed E-state index contributed by atoms with van der Waals surface area (Å²) in [6, 6.07) is 4.71. The van der Waals surface area contributed by atoms with Crippen molar-refractivity contribution in [3.8, 4) is 11.5 Å². The third-order valence-electron chi connectivity index (χ3n) is 4.11. The maximum Gasteiger partial charge on any atom is 0.257 e. The van der Waals surface area contributed by atoms with Gasteiger partial charge in [0.1, 0.15) is 11.5 Å². The van der Waals surface area contributed by atoms with Gasteiger partial charge >= 0.3 is 0 Å². The van der Waals surface area contributed by atoms with Gasteiger partial charge in [0.2, 0.25) is 0 Å². The Labute approximate surface area is 125 Å². The van der Waals surface area contributed by atoms with Crippen LogP contribution in [0.2, 0.25) is 0 Å². The lowest BCUT2D eigenvalue weighted by Gasteiger charge is -2.25. The highest BCUT2D eigenvalue weighted by Gasteiger charge is 2.19. The third kappa shape index (κ3) is 4.11. The van der Waals surface area contributed by atoms with Gasteiger partial charge in [-0.15, -0.1) is 0 Å². The molecule has 0 atom stereocenters. The van der Waals surface area contributed by atoms with E-state index in [1.165, 1.54) is 18.9 Å². The zero-order valence-corrected chi connectivity index (χ0v) is 12.8. The Morgan fingerprint density at radius 1 is 1.43 bits per heavy atom. The number of piperidine rings is 1. The molecule has 1 aliphatic rings. The van der Waals surface area contributed by atoms with Crippen LogP contribution < -0.4 is 10.1 Å². The summed E-state index contributed by atoms with van der Waals surface area (Å²) >= 11 is 0. The van der Waals surface area contributed by atoms with E-state index in [0.717, 1.165) is 19.5 Å². The van der Waals surface area contributed by atoms with Gasteiger partial charge in [-0.05, 0) is 56.5 Å². The Hall–Kier alpha value is -1.75. The standard InChI is InChI=1S/C16H24N2O3/c1-18(10-7-12-5-8-17-9-6-12)16(20)14-11-13(21-2)3-4-15(14)19/h3-4,11-12,17,19H,5-10H2,1-2H3. The number of carbonyl (C=O) groups is 1. The molecule has 1 aromatic rings. The van der Waals surface area contributed by atoms with E-state index in [0.29, 0.717) is 23.8 Å². The van der Waals surface area contributed by atoms with Gasteiger partial charge in [-0.25, -0.2) is 0 Å². The molecule has 0 aliphatic carbocycles. The van der Waals surface area contributed by atoms with Crippen molar-refractivity contribution >= 4 is 5.91 Å². The van der Waals surface area contributed by atoms with Gasteiger partial charge in [0, 0.05) is 13.6 Å². The Balaban J connectivity index is 1.95. The van der Waals surface area contributed by atoms with Crippen LogP contribution in [0.5, 0.6) is 11.5 Å². The zero-order chi connectivity index (χ0) is 15.2. The average Bonchev–Trinajstić information content (AvgIpc) is 2.53. The molecule has 116 valence electrons. The average molecular weight is 292 g/mol. The second-order valence-corrected chi connectivity index (χ2v) is 5.59. The fourth-order valence-electron chi connectivity index (χ4n) is 2.67. The topological polar surface area (TPSA) is 61.8 Å². The Morgan fingerprint density at radius 2 is 2.14 bits per heavy atom. The van der Waals surface area contributed by atoms with Gasteiger partial charge in [0.25, 0.3) is 5.91 Å². The van der Waals surface area contributed by atoms with Crippen molar-refractivity contribution in [1.29, 1.82) is 0 Å². The molecular formula is C16H24N2O3. The number of nitrogens with zero attached hydrogens (tertiary/aromatic N) is 1. The van der Waals surface area contributed by atoms with Crippen LogP contribution in [0.1, 0.15) is 29.6 Å². The summed E-state index contributed by atoms with van der Waals surface area (Å²) in [6.07, 6.45) is 3.35. The van der Waals surface area contributed by atoms with Crippen LogP contribution in [0.15, 0.2) is 18.2 Å². The molecule has 1 amide bonds. The number of phenols is 1. The fraction of sp³-hybridized carbons (Fsp3) is 0.562. The van der Waals surface area contributed by atoms with E-state index in [1.54, 1.807) is 31.2 Å². The number of nitrogens with one attached hydrogen (secondary N) is 1. The summed E-state index contributed by atoms with van der Waals surface area (Å²) in [5.74, 6) is 1.08. The SMILES string of the molecule is COc1ccc(O)c(C(=O)N(C)CCC2CCNCC2)c1. The summed E-state index contributed by atoms with van der Waals surface area (Å²) in [6.45, 7) is 2.85. The normalized spacial score (nSPS) is 15.7. The highest BCUT2D eigenvalue weighted by molar-refractivity contribution is 5.97. The minimum absolute atomic E-state index is 0.00508. The van der Waals surface area contributed by atoms with Crippen LogP contribution in [0.3, 0.4) is 0 Å². The Bertz CT molecular complexity index is 484. The van der Waals surface area contributed by atoms with Crippen molar-refractivity contribution in [3.63, 3.8) is 0 Å². The number of amides is 1. The van der Waals surface area contributed by atoms with Crippen LogP contribution in [0.25, 0.3) is 0 Å². The molecule has 0 bridgehead atoms. The largest absolute Gasteiger partial charge is 0.507 e. The molecule has 21 heavy (non-hydrogen) atoms. The molecule has 5 heteroatoms. The molecule has 0 unspecified atom stereocenters. The van der Waals surface area contributed by atoms with Gasteiger partial charge in [-0.1, -0.05) is 0 Å². The van der Waals surface area contributed by atoms with Crippen molar-refractivity contribution in [1.82, 2.24) is 10.2 Å². The number of aromatic hydroxyl groups is 1. The van der Waals surface area contributed by atoms with Crippen molar-refractivity contribution in [3.05, 3.63) is 23.8 Å². The molecule has 2 rings (SSSR count). The number of hydrogen-bond donors (Lipinski definition) is 2. The molecule has 1 aliphatic heterocycles. The first-order valence-electron chi connectivity index (χ1n) is 7.45. The van der Waals surface area contributed by atoms with Gasteiger partial charge < -0.3 is 20.1 Å². The van der Waals surface area contributed by atoms with Crippen LogP contribution in [0.4, 0.5) is 0 Å². The lowest BCUT2D eigenvalue weighted by molar-refractivity contribution is 0.0781. The number of hydrogen-bond acceptors (Lipinski definition) is 4. The lowest BCUT2D eigenvalue weighted by Crippen LogP contribution is -2.32. The molecule has 1 fully saturated rings. The summed E-state index contributed by atoms with van der Waals surface area (Å²) in [4.78, 5) is 14.1. The maximum atomic E-state index is 12.4. The Kier molecular flexibility index (Phi) is 5.44. The van der Waals surface area contributed by atoms with Gasteiger partial charge in [-0.2, -0.15) is 0 Å². The quantitative estimate of drug-likeness (QED) is 0.869. The van der Waals surface area contributed by atoms with E-state index in [2.05, 4.69) is 5.32 Å². The molecule has 1 saturated heterocycles. The second kappa shape index (κ2) is 7.31. The van der Waals surface area contributed by atoms with Crippen molar-refractivity contribution in [2.75, 3.05) is 33.8 Å².